The number of ketones is 1. The largest absolute Gasteiger partial charge is 0.300 e. The molecule has 0 saturated heterocycles. The van der Waals surface area contributed by atoms with Gasteiger partial charge in [-0.05, 0) is 26.2 Å². The zero-order chi connectivity index (χ0) is 9.14. The Labute approximate surface area is 78.1 Å². The minimum Gasteiger partial charge on any atom is -0.300 e. The van der Waals surface area contributed by atoms with Crippen LogP contribution in [0.1, 0.15) is 32.6 Å². The number of Topliss-reactive ketones (excluding diaryl/α,β-unsaturated/α-hetero) is 1. The molecule has 0 aromatic carbocycles. The molecule has 1 aliphatic rings. The van der Waals surface area contributed by atoms with Crippen molar-refractivity contribution in [2.75, 3.05) is 0 Å². The third kappa shape index (κ3) is 2.34. The van der Waals surface area contributed by atoms with E-state index in [-0.39, 0.29) is 22.7 Å². The van der Waals surface area contributed by atoms with Crippen molar-refractivity contribution in [3.63, 3.8) is 0 Å². The summed E-state index contributed by atoms with van der Waals surface area (Å²) in [4.78, 5) is 22.0. The summed E-state index contributed by atoms with van der Waals surface area (Å²) in [5.41, 5.74) is 0. The summed E-state index contributed by atoms with van der Waals surface area (Å²) in [7, 11) is 0. The predicted molar refractivity (Wildman–Crippen MR) is 50.1 cm³/mol. The molecule has 0 amide bonds. The molecule has 68 valence electrons. The van der Waals surface area contributed by atoms with Crippen LogP contribution in [0.3, 0.4) is 0 Å². The van der Waals surface area contributed by atoms with Crippen molar-refractivity contribution in [2.45, 2.75) is 32.6 Å². The molecule has 1 rings (SSSR count). The van der Waals surface area contributed by atoms with Crippen LogP contribution in [0.5, 0.6) is 0 Å². The van der Waals surface area contributed by atoms with Gasteiger partial charge in [0.25, 0.3) is 0 Å². The van der Waals surface area contributed by atoms with Gasteiger partial charge in [0.15, 0.2) is 5.12 Å². The van der Waals surface area contributed by atoms with Gasteiger partial charge in [0.1, 0.15) is 5.78 Å². The van der Waals surface area contributed by atoms with Crippen molar-refractivity contribution >= 4 is 23.5 Å². The molecule has 2 unspecified atom stereocenters. The third-order valence-electron chi connectivity index (χ3n) is 2.60. The van der Waals surface area contributed by atoms with Crippen molar-refractivity contribution in [2.24, 2.45) is 11.8 Å². The molecule has 0 heterocycles. The van der Waals surface area contributed by atoms with Crippen LogP contribution in [0, 0.1) is 11.8 Å². The molecule has 0 aliphatic heterocycles. The van der Waals surface area contributed by atoms with E-state index in [2.05, 4.69) is 12.6 Å². The Morgan fingerprint density at radius 1 is 1.25 bits per heavy atom. The van der Waals surface area contributed by atoms with Crippen LogP contribution in [0.25, 0.3) is 0 Å². The second kappa shape index (κ2) is 4.08. The van der Waals surface area contributed by atoms with Gasteiger partial charge in [0.05, 0.1) is 0 Å². The highest BCUT2D eigenvalue weighted by Crippen LogP contribution is 2.30. The summed E-state index contributed by atoms with van der Waals surface area (Å²) < 4.78 is 0. The Balaban J connectivity index is 2.51. The molecule has 0 bridgehead atoms. The minimum atomic E-state index is -0.0547. The molecule has 1 saturated carbocycles. The second-order valence-corrected chi connectivity index (χ2v) is 3.95. The molecule has 0 N–H and O–H groups in total. The summed E-state index contributed by atoms with van der Waals surface area (Å²) in [6.07, 6.45) is 3.57. The normalized spacial score (nSPS) is 29.8. The maximum atomic E-state index is 11.0. The fourth-order valence-corrected chi connectivity index (χ4v) is 2.02. The molecule has 12 heavy (non-hydrogen) atoms. The van der Waals surface area contributed by atoms with Crippen molar-refractivity contribution in [1.29, 1.82) is 0 Å². The first kappa shape index (κ1) is 9.78. The third-order valence-corrected chi connectivity index (χ3v) is 2.96. The van der Waals surface area contributed by atoms with Gasteiger partial charge in [-0.3, -0.25) is 9.59 Å². The van der Waals surface area contributed by atoms with E-state index in [1.165, 1.54) is 0 Å². The number of carbonyl (C=O) groups excluding carboxylic acids is 2. The molecular formula is C9H14O2S. The smallest absolute Gasteiger partial charge is 0.189 e. The summed E-state index contributed by atoms with van der Waals surface area (Å²) >= 11 is 3.80. The minimum absolute atomic E-state index is 0.0241. The van der Waals surface area contributed by atoms with E-state index in [1.54, 1.807) is 6.92 Å². The van der Waals surface area contributed by atoms with E-state index in [4.69, 9.17) is 0 Å². The van der Waals surface area contributed by atoms with Gasteiger partial charge >= 0.3 is 0 Å². The number of thiol groups is 1. The maximum Gasteiger partial charge on any atom is 0.189 e. The van der Waals surface area contributed by atoms with E-state index in [0.717, 1.165) is 25.7 Å². The van der Waals surface area contributed by atoms with Crippen molar-refractivity contribution in [1.82, 2.24) is 0 Å². The zero-order valence-electron chi connectivity index (χ0n) is 7.25. The standard InChI is InChI=1S/C9H14O2S/c1-6(10)7-3-2-4-8(5-7)9(11)12/h7-8H,2-5H2,1H3,(H,11,12). The Bertz CT molecular complexity index is 181. The molecule has 0 radical (unpaired) electrons. The van der Waals surface area contributed by atoms with Crippen molar-refractivity contribution < 1.29 is 9.59 Å². The lowest BCUT2D eigenvalue weighted by Gasteiger charge is -2.24. The first-order valence-corrected chi connectivity index (χ1v) is 4.79. The average molecular weight is 186 g/mol. The molecule has 1 fully saturated rings. The SMILES string of the molecule is CC(=O)C1CCCC(C(=O)S)C1. The van der Waals surface area contributed by atoms with E-state index >= 15 is 0 Å². The van der Waals surface area contributed by atoms with Crippen LogP contribution in [-0.4, -0.2) is 10.9 Å². The van der Waals surface area contributed by atoms with Gasteiger partial charge in [0.2, 0.25) is 0 Å². The van der Waals surface area contributed by atoms with E-state index in [0.29, 0.717) is 0 Å². The first-order valence-electron chi connectivity index (χ1n) is 4.34. The zero-order valence-corrected chi connectivity index (χ0v) is 8.14. The van der Waals surface area contributed by atoms with Crippen molar-refractivity contribution in [3.8, 4) is 0 Å². The summed E-state index contributed by atoms with van der Waals surface area (Å²) in [6.45, 7) is 1.61. The fourth-order valence-electron chi connectivity index (χ4n) is 1.78. The maximum absolute atomic E-state index is 11.0. The quantitative estimate of drug-likeness (QED) is 0.668. The highest BCUT2D eigenvalue weighted by Gasteiger charge is 2.27. The number of hydrogen-bond acceptors (Lipinski definition) is 2. The molecule has 0 spiro atoms. The molecule has 2 atom stereocenters. The van der Waals surface area contributed by atoms with Gasteiger partial charge < -0.3 is 0 Å². The topological polar surface area (TPSA) is 34.1 Å². The summed E-state index contributed by atoms with van der Waals surface area (Å²) in [6, 6.07) is 0. The number of hydrogen-bond donors (Lipinski definition) is 1. The predicted octanol–water partition coefficient (Wildman–Crippen LogP) is 1.84. The molecule has 2 nitrogen and oxygen atoms in total. The van der Waals surface area contributed by atoms with Crippen LogP contribution in [-0.2, 0) is 9.59 Å². The van der Waals surface area contributed by atoms with Gasteiger partial charge in [-0.2, -0.15) is 0 Å². The first-order chi connectivity index (χ1) is 5.61. The average Bonchev–Trinajstić information content (AvgIpc) is 2.04. The van der Waals surface area contributed by atoms with E-state index < -0.39 is 0 Å². The van der Waals surface area contributed by atoms with Crippen molar-refractivity contribution in [3.05, 3.63) is 0 Å². The summed E-state index contributed by atoms with van der Waals surface area (Å²) in [5.74, 6) is 0.352. The number of carbonyl (C=O) groups is 2. The fraction of sp³-hybridized carbons (Fsp3) is 0.778. The summed E-state index contributed by atoms with van der Waals surface area (Å²) in [5, 5.41) is -0.0547. The van der Waals surface area contributed by atoms with Gasteiger partial charge in [-0.25, -0.2) is 0 Å². The van der Waals surface area contributed by atoms with Crippen LogP contribution < -0.4 is 0 Å². The Morgan fingerprint density at radius 2 is 1.83 bits per heavy atom. The molecule has 0 aromatic heterocycles. The molecule has 0 aromatic rings. The Kier molecular flexibility index (Phi) is 3.32. The lowest BCUT2D eigenvalue weighted by molar-refractivity contribution is -0.123. The Hall–Kier alpha value is -0.310. The molecule has 3 heteroatoms. The lowest BCUT2D eigenvalue weighted by Crippen LogP contribution is -2.24. The monoisotopic (exact) mass is 186 g/mol. The van der Waals surface area contributed by atoms with Crippen LogP contribution in [0.15, 0.2) is 0 Å². The second-order valence-electron chi connectivity index (χ2n) is 3.51. The van der Waals surface area contributed by atoms with Gasteiger partial charge in [0, 0.05) is 11.8 Å². The van der Waals surface area contributed by atoms with Gasteiger partial charge in [-0.15, -0.1) is 12.6 Å². The highest BCUT2D eigenvalue weighted by atomic mass is 32.1. The lowest BCUT2D eigenvalue weighted by atomic mass is 9.80. The van der Waals surface area contributed by atoms with Crippen LogP contribution >= 0.6 is 12.6 Å². The highest BCUT2D eigenvalue weighted by molar-refractivity contribution is 7.96. The van der Waals surface area contributed by atoms with Gasteiger partial charge in [-0.1, -0.05) is 6.42 Å². The number of rotatable bonds is 2. The Morgan fingerprint density at radius 3 is 2.33 bits per heavy atom. The molecule has 1 aliphatic carbocycles. The molecular weight excluding hydrogens is 172 g/mol. The van der Waals surface area contributed by atoms with E-state index in [1.807, 2.05) is 0 Å². The van der Waals surface area contributed by atoms with Crippen LogP contribution in [0.2, 0.25) is 0 Å². The van der Waals surface area contributed by atoms with E-state index in [9.17, 15) is 9.59 Å². The van der Waals surface area contributed by atoms with Crippen LogP contribution in [0.4, 0.5) is 0 Å².